The van der Waals surface area contributed by atoms with E-state index in [1.807, 2.05) is 0 Å². The number of aromatic nitrogens is 2. The average molecular weight is 246 g/mol. The molecule has 0 spiro atoms. The van der Waals surface area contributed by atoms with Crippen LogP contribution in [0.1, 0.15) is 56.4 Å². The van der Waals surface area contributed by atoms with Gasteiger partial charge >= 0.3 is 0 Å². The number of ketones is 1. The maximum Gasteiger partial charge on any atom is 0.186 e. The van der Waals surface area contributed by atoms with E-state index in [0.29, 0.717) is 17.5 Å². The minimum atomic E-state index is 0.158. The molecule has 98 valence electrons. The second-order valence-corrected chi connectivity index (χ2v) is 5.41. The normalized spacial score (nSPS) is 25.7. The molecule has 2 rings (SSSR count). The second kappa shape index (κ2) is 6.07. The molecule has 0 N–H and O–H groups in total. The van der Waals surface area contributed by atoms with Crippen LogP contribution in [0.4, 0.5) is 0 Å². The summed E-state index contributed by atoms with van der Waals surface area (Å²) in [6.07, 6.45) is 7.40. The lowest BCUT2D eigenvalue weighted by Gasteiger charge is -2.34. The molecule has 3 atom stereocenters. The van der Waals surface area contributed by atoms with E-state index in [2.05, 4.69) is 24.0 Å². The fourth-order valence-corrected chi connectivity index (χ4v) is 3.09. The van der Waals surface area contributed by atoms with Crippen molar-refractivity contribution in [1.82, 2.24) is 10.2 Å². The van der Waals surface area contributed by atoms with Gasteiger partial charge in [-0.25, -0.2) is 0 Å². The Hall–Kier alpha value is -1.25. The number of hydrogen-bond donors (Lipinski definition) is 0. The first-order chi connectivity index (χ1) is 8.74. The molecular formula is C15H22N2O. The maximum absolute atomic E-state index is 12.5. The third-order valence-electron chi connectivity index (χ3n) is 4.36. The van der Waals surface area contributed by atoms with Gasteiger partial charge in [-0.05, 0) is 36.8 Å². The van der Waals surface area contributed by atoms with Crippen molar-refractivity contribution in [3.8, 4) is 0 Å². The Bertz CT molecular complexity index is 391. The summed E-state index contributed by atoms with van der Waals surface area (Å²) in [6.45, 7) is 4.48. The van der Waals surface area contributed by atoms with Gasteiger partial charge in [0.05, 0.1) is 0 Å². The molecule has 0 amide bonds. The fraction of sp³-hybridized carbons (Fsp3) is 0.667. The van der Waals surface area contributed by atoms with Crippen LogP contribution in [-0.2, 0) is 0 Å². The van der Waals surface area contributed by atoms with Crippen LogP contribution in [0.15, 0.2) is 18.3 Å². The Morgan fingerprint density at radius 3 is 2.89 bits per heavy atom. The molecule has 0 saturated heterocycles. The lowest BCUT2D eigenvalue weighted by atomic mass is 9.70. The van der Waals surface area contributed by atoms with Crippen LogP contribution in [0.2, 0.25) is 0 Å². The van der Waals surface area contributed by atoms with Crippen LogP contribution in [-0.4, -0.2) is 16.0 Å². The lowest BCUT2D eigenvalue weighted by Crippen LogP contribution is -2.32. The molecule has 0 aromatic carbocycles. The first kappa shape index (κ1) is 13.2. The van der Waals surface area contributed by atoms with Crippen LogP contribution in [0.3, 0.4) is 0 Å². The van der Waals surface area contributed by atoms with Gasteiger partial charge in [0.15, 0.2) is 5.78 Å². The van der Waals surface area contributed by atoms with Gasteiger partial charge in [-0.15, -0.1) is 5.10 Å². The van der Waals surface area contributed by atoms with E-state index in [1.54, 1.807) is 18.3 Å². The van der Waals surface area contributed by atoms with Crippen molar-refractivity contribution in [1.29, 1.82) is 0 Å². The average Bonchev–Trinajstić information content (AvgIpc) is 2.46. The Kier molecular flexibility index (Phi) is 4.45. The van der Waals surface area contributed by atoms with E-state index in [1.165, 1.54) is 19.3 Å². The van der Waals surface area contributed by atoms with Gasteiger partial charge in [0.25, 0.3) is 0 Å². The van der Waals surface area contributed by atoms with Gasteiger partial charge in [-0.3, -0.25) is 4.79 Å². The van der Waals surface area contributed by atoms with E-state index in [0.717, 1.165) is 12.8 Å². The van der Waals surface area contributed by atoms with Crippen molar-refractivity contribution in [2.24, 2.45) is 17.8 Å². The predicted molar refractivity (Wildman–Crippen MR) is 71.3 cm³/mol. The molecule has 18 heavy (non-hydrogen) atoms. The van der Waals surface area contributed by atoms with Crippen LogP contribution in [0.5, 0.6) is 0 Å². The third kappa shape index (κ3) is 2.77. The van der Waals surface area contributed by atoms with E-state index in [9.17, 15) is 4.79 Å². The molecule has 3 unspecified atom stereocenters. The van der Waals surface area contributed by atoms with E-state index in [-0.39, 0.29) is 11.7 Å². The minimum absolute atomic E-state index is 0.158. The molecule has 1 fully saturated rings. The Morgan fingerprint density at radius 1 is 1.44 bits per heavy atom. The smallest absolute Gasteiger partial charge is 0.186 e. The second-order valence-electron chi connectivity index (χ2n) is 5.41. The first-order valence-corrected chi connectivity index (χ1v) is 7.06. The highest BCUT2D eigenvalue weighted by atomic mass is 16.1. The highest BCUT2D eigenvalue weighted by Crippen LogP contribution is 2.37. The zero-order valence-electron chi connectivity index (χ0n) is 11.3. The van der Waals surface area contributed by atoms with Gasteiger partial charge in [0, 0.05) is 12.1 Å². The third-order valence-corrected chi connectivity index (χ3v) is 4.36. The van der Waals surface area contributed by atoms with Crippen LogP contribution >= 0.6 is 0 Å². The zero-order chi connectivity index (χ0) is 13.0. The summed E-state index contributed by atoms with van der Waals surface area (Å²) in [5.74, 6) is 1.51. The summed E-state index contributed by atoms with van der Waals surface area (Å²) in [5, 5.41) is 7.79. The molecule has 1 aromatic rings. The number of Topliss-reactive ketones (excluding diaryl/α,β-unsaturated/α-hetero) is 1. The largest absolute Gasteiger partial charge is 0.292 e. The standard InChI is InChI=1S/C15H22N2O/c1-3-11(2)12-7-4-5-8-13(12)15(18)14-9-6-10-16-17-14/h6,9-13H,3-5,7-8H2,1-2H3. The highest BCUT2D eigenvalue weighted by molar-refractivity contribution is 5.96. The van der Waals surface area contributed by atoms with E-state index >= 15 is 0 Å². The molecule has 1 aliphatic rings. The number of carbonyl (C=O) groups excluding carboxylic acids is 1. The molecule has 1 saturated carbocycles. The Balaban J connectivity index is 2.16. The summed E-state index contributed by atoms with van der Waals surface area (Å²) in [5.41, 5.74) is 0.540. The summed E-state index contributed by atoms with van der Waals surface area (Å²) in [4.78, 5) is 12.5. The van der Waals surface area contributed by atoms with Crippen molar-refractivity contribution < 1.29 is 4.79 Å². The van der Waals surface area contributed by atoms with Crippen molar-refractivity contribution in [3.05, 3.63) is 24.0 Å². The zero-order valence-corrected chi connectivity index (χ0v) is 11.3. The summed E-state index contributed by atoms with van der Waals surface area (Å²) in [6, 6.07) is 3.58. The summed E-state index contributed by atoms with van der Waals surface area (Å²) < 4.78 is 0. The maximum atomic E-state index is 12.5. The summed E-state index contributed by atoms with van der Waals surface area (Å²) in [7, 11) is 0. The van der Waals surface area contributed by atoms with Crippen molar-refractivity contribution >= 4 is 5.78 Å². The molecule has 3 heteroatoms. The van der Waals surface area contributed by atoms with E-state index in [4.69, 9.17) is 0 Å². The van der Waals surface area contributed by atoms with E-state index < -0.39 is 0 Å². The van der Waals surface area contributed by atoms with Gasteiger partial charge in [-0.2, -0.15) is 5.10 Å². The molecule has 0 aliphatic heterocycles. The van der Waals surface area contributed by atoms with Crippen LogP contribution < -0.4 is 0 Å². The van der Waals surface area contributed by atoms with Gasteiger partial charge in [0.1, 0.15) is 5.69 Å². The monoisotopic (exact) mass is 246 g/mol. The molecule has 0 radical (unpaired) electrons. The number of nitrogens with zero attached hydrogens (tertiary/aromatic N) is 2. The van der Waals surface area contributed by atoms with Crippen molar-refractivity contribution in [3.63, 3.8) is 0 Å². The Morgan fingerprint density at radius 2 is 2.22 bits per heavy atom. The molecule has 1 aromatic heterocycles. The molecular weight excluding hydrogens is 224 g/mol. The van der Waals surface area contributed by atoms with Gasteiger partial charge in [0.2, 0.25) is 0 Å². The quantitative estimate of drug-likeness (QED) is 0.763. The van der Waals surface area contributed by atoms with Gasteiger partial charge < -0.3 is 0 Å². The number of rotatable bonds is 4. The molecule has 1 aliphatic carbocycles. The molecule has 1 heterocycles. The van der Waals surface area contributed by atoms with Crippen molar-refractivity contribution in [2.45, 2.75) is 46.0 Å². The first-order valence-electron chi connectivity index (χ1n) is 7.06. The SMILES string of the molecule is CCC(C)C1CCCCC1C(=O)c1cccnn1. The molecule has 3 nitrogen and oxygen atoms in total. The fourth-order valence-electron chi connectivity index (χ4n) is 3.09. The highest BCUT2D eigenvalue weighted by Gasteiger charge is 2.34. The lowest BCUT2D eigenvalue weighted by molar-refractivity contribution is 0.0756. The predicted octanol–water partition coefficient (Wildman–Crippen LogP) is 3.51. The van der Waals surface area contributed by atoms with Crippen LogP contribution in [0, 0.1) is 17.8 Å². The topological polar surface area (TPSA) is 42.9 Å². The summed E-state index contributed by atoms with van der Waals surface area (Å²) >= 11 is 0. The number of carbonyl (C=O) groups is 1. The van der Waals surface area contributed by atoms with Gasteiger partial charge in [-0.1, -0.05) is 33.1 Å². The minimum Gasteiger partial charge on any atom is -0.292 e. The van der Waals surface area contributed by atoms with Crippen LogP contribution in [0.25, 0.3) is 0 Å². The molecule has 0 bridgehead atoms. The Labute approximate surface area is 109 Å². The number of hydrogen-bond acceptors (Lipinski definition) is 3. The van der Waals surface area contributed by atoms with Crippen molar-refractivity contribution in [2.75, 3.05) is 0 Å².